The molecule has 6 rings (SSSR count). The molecule has 1 N–H and O–H groups in total. The smallest absolute Gasteiger partial charge is 0.172 e. The SMILES string of the molecule is CN1CCN(c2cc3ncc(C#N)c(Nc4ccc(Sc5nccn5C)c(Cl)c4)c3cc2OCCN2CCCC2)CC1. The number of pyridine rings is 1. The average Bonchev–Trinajstić information content (AvgIpc) is 3.66. The summed E-state index contributed by atoms with van der Waals surface area (Å²) < 4.78 is 8.45. The van der Waals surface area contributed by atoms with Crippen molar-refractivity contribution in [3.8, 4) is 11.8 Å². The van der Waals surface area contributed by atoms with E-state index in [9.17, 15) is 5.26 Å². The molecule has 2 saturated heterocycles. The highest BCUT2D eigenvalue weighted by Crippen LogP contribution is 2.39. The number of aryl methyl sites for hydroxylation is 1. The van der Waals surface area contributed by atoms with E-state index in [-0.39, 0.29) is 0 Å². The number of fused-ring (bicyclic) bond motifs is 1. The van der Waals surface area contributed by atoms with Crippen molar-refractivity contribution < 1.29 is 4.74 Å². The molecule has 0 bridgehead atoms. The van der Waals surface area contributed by atoms with Crippen LogP contribution in [0.15, 0.2) is 59.0 Å². The van der Waals surface area contributed by atoms with E-state index < -0.39 is 0 Å². The third-order valence-electron chi connectivity index (χ3n) is 7.96. The van der Waals surface area contributed by atoms with Gasteiger partial charge in [0.05, 0.1) is 27.5 Å². The molecule has 2 aromatic heterocycles. The highest BCUT2D eigenvalue weighted by Gasteiger charge is 2.22. The van der Waals surface area contributed by atoms with Crippen LogP contribution in [-0.2, 0) is 7.05 Å². The maximum atomic E-state index is 10.0. The zero-order valence-electron chi connectivity index (χ0n) is 24.0. The molecule has 2 aliphatic rings. The van der Waals surface area contributed by atoms with Crippen LogP contribution in [-0.4, -0.2) is 83.8 Å². The summed E-state index contributed by atoms with van der Waals surface area (Å²) in [6.07, 6.45) is 7.83. The van der Waals surface area contributed by atoms with Crippen molar-refractivity contribution in [1.82, 2.24) is 24.3 Å². The molecule has 0 atom stereocenters. The fourth-order valence-corrected chi connectivity index (χ4v) is 6.59. The summed E-state index contributed by atoms with van der Waals surface area (Å²) in [7, 11) is 4.11. The van der Waals surface area contributed by atoms with E-state index in [0.717, 1.165) is 83.9 Å². The number of imidazole rings is 1. The fraction of sp³-hybridized carbons (Fsp3) is 0.387. The van der Waals surface area contributed by atoms with Crippen LogP contribution < -0.4 is 15.0 Å². The number of nitrogens with zero attached hydrogens (tertiary/aromatic N) is 7. The Bertz CT molecular complexity index is 1600. The molecule has 2 aliphatic heterocycles. The highest BCUT2D eigenvalue weighted by molar-refractivity contribution is 7.99. The molecule has 9 nitrogen and oxygen atoms in total. The first kappa shape index (κ1) is 28.6. The summed E-state index contributed by atoms with van der Waals surface area (Å²) in [6.45, 7) is 7.63. The lowest BCUT2D eigenvalue weighted by molar-refractivity contribution is 0.237. The lowest BCUT2D eigenvalue weighted by Gasteiger charge is -2.35. The Hall–Kier alpha value is -3.49. The molecule has 218 valence electrons. The number of halogens is 1. The number of benzene rings is 2. The van der Waals surface area contributed by atoms with Crippen molar-refractivity contribution >= 4 is 51.3 Å². The van der Waals surface area contributed by atoms with Gasteiger partial charge < -0.3 is 24.4 Å². The Morgan fingerprint density at radius 1 is 1.05 bits per heavy atom. The zero-order valence-corrected chi connectivity index (χ0v) is 25.6. The van der Waals surface area contributed by atoms with Crippen LogP contribution in [0.2, 0.25) is 5.02 Å². The predicted molar refractivity (Wildman–Crippen MR) is 169 cm³/mol. The number of ether oxygens (including phenoxy) is 1. The van der Waals surface area contributed by atoms with Crippen molar-refractivity contribution in [3.63, 3.8) is 0 Å². The number of nitriles is 1. The number of piperazine rings is 1. The second-order valence-electron chi connectivity index (χ2n) is 10.9. The molecule has 0 radical (unpaired) electrons. The van der Waals surface area contributed by atoms with Crippen molar-refractivity contribution in [1.29, 1.82) is 5.26 Å². The van der Waals surface area contributed by atoms with E-state index in [1.165, 1.54) is 24.6 Å². The van der Waals surface area contributed by atoms with Gasteiger partial charge in [0.2, 0.25) is 0 Å². The van der Waals surface area contributed by atoms with Gasteiger partial charge in [0.15, 0.2) is 5.16 Å². The monoisotopic (exact) mass is 602 g/mol. The maximum absolute atomic E-state index is 10.0. The molecule has 4 aromatic rings. The van der Waals surface area contributed by atoms with Gasteiger partial charge in [-0.1, -0.05) is 23.4 Å². The van der Waals surface area contributed by atoms with E-state index in [0.29, 0.717) is 22.9 Å². The quantitative estimate of drug-likeness (QED) is 0.262. The van der Waals surface area contributed by atoms with Crippen LogP contribution in [0.4, 0.5) is 17.1 Å². The van der Waals surface area contributed by atoms with E-state index in [4.69, 9.17) is 16.3 Å². The molecule has 4 heterocycles. The van der Waals surface area contributed by atoms with Gasteiger partial charge >= 0.3 is 0 Å². The molecule has 2 aromatic carbocycles. The standard InChI is InChI=1S/C31H35ClN8OS/c1-37-11-13-40(14-12-37)27-19-26-24(18-28(27)41-16-15-39-8-3-4-9-39)30(22(20-33)21-35-26)36-23-5-6-29(25(32)17-23)42-31-34-7-10-38(31)2/h5-7,10,17-19,21H,3-4,8-9,11-16H2,1-2H3,(H,35,36). The minimum Gasteiger partial charge on any atom is -0.490 e. The summed E-state index contributed by atoms with van der Waals surface area (Å²) >= 11 is 8.21. The van der Waals surface area contributed by atoms with Crippen LogP contribution in [0, 0.1) is 11.3 Å². The third-order valence-corrected chi connectivity index (χ3v) is 9.53. The lowest BCUT2D eigenvalue weighted by Crippen LogP contribution is -2.44. The number of aromatic nitrogens is 3. The second kappa shape index (κ2) is 12.8. The molecule has 0 spiro atoms. The van der Waals surface area contributed by atoms with Crippen molar-refractivity contribution in [2.24, 2.45) is 7.05 Å². The van der Waals surface area contributed by atoms with Crippen LogP contribution in [0.1, 0.15) is 18.4 Å². The first-order chi connectivity index (χ1) is 20.5. The summed E-state index contributed by atoms with van der Waals surface area (Å²) in [6, 6.07) is 12.3. The molecule has 0 unspecified atom stereocenters. The van der Waals surface area contributed by atoms with Gasteiger partial charge in [0.1, 0.15) is 18.4 Å². The minimum absolute atomic E-state index is 0.459. The number of hydrogen-bond acceptors (Lipinski definition) is 9. The van der Waals surface area contributed by atoms with Gasteiger partial charge in [0.25, 0.3) is 0 Å². The van der Waals surface area contributed by atoms with Gasteiger partial charge in [-0.05, 0) is 63.3 Å². The molecular formula is C31H35ClN8OS. The molecule has 0 saturated carbocycles. The summed E-state index contributed by atoms with van der Waals surface area (Å²) in [5.41, 5.74) is 3.80. The molecule has 2 fully saturated rings. The Kier molecular flexibility index (Phi) is 8.72. The third kappa shape index (κ3) is 6.30. The Balaban J connectivity index is 1.33. The lowest BCUT2D eigenvalue weighted by atomic mass is 10.1. The number of nitrogens with one attached hydrogen (secondary N) is 1. The zero-order chi connectivity index (χ0) is 29.1. The number of anilines is 3. The van der Waals surface area contributed by atoms with Crippen molar-refractivity contribution in [2.75, 3.05) is 69.7 Å². The second-order valence-corrected chi connectivity index (χ2v) is 12.3. The number of likely N-dealkylation sites (N-methyl/N-ethyl adjacent to an activating group) is 1. The van der Waals surface area contributed by atoms with Crippen molar-refractivity contribution in [3.05, 3.63) is 59.5 Å². The minimum atomic E-state index is 0.459. The number of rotatable bonds is 9. The predicted octanol–water partition coefficient (Wildman–Crippen LogP) is 5.61. The summed E-state index contributed by atoms with van der Waals surface area (Å²) in [5.74, 6) is 0.825. The Labute approximate surface area is 256 Å². The topological polar surface area (TPSA) is 85.5 Å². The van der Waals surface area contributed by atoms with Crippen LogP contribution in [0.5, 0.6) is 5.75 Å². The summed E-state index contributed by atoms with van der Waals surface area (Å²) in [5, 5.41) is 15.8. The first-order valence-corrected chi connectivity index (χ1v) is 15.5. The van der Waals surface area contributed by atoms with Gasteiger partial charge in [-0.25, -0.2) is 4.98 Å². The van der Waals surface area contributed by atoms with E-state index in [1.54, 1.807) is 12.4 Å². The van der Waals surface area contributed by atoms with E-state index >= 15 is 0 Å². The molecular weight excluding hydrogens is 568 g/mol. The van der Waals surface area contributed by atoms with Crippen LogP contribution in [0.25, 0.3) is 10.9 Å². The fourth-order valence-electron chi connectivity index (χ4n) is 5.48. The number of likely N-dealkylation sites (tertiary alicyclic amines) is 1. The molecule has 0 aliphatic carbocycles. The van der Waals surface area contributed by atoms with Crippen molar-refractivity contribution in [2.45, 2.75) is 22.9 Å². The Morgan fingerprint density at radius 3 is 2.57 bits per heavy atom. The number of hydrogen-bond donors (Lipinski definition) is 1. The van der Waals surface area contributed by atoms with Gasteiger partial charge in [-0.2, -0.15) is 5.26 Å². The van der Waals surface area contributed by atoms with Crippen LogP contribution >= 0.6 is 23.4 Å². The Morgan fingerprint density at radius 2 is 1.86 bits per heavy atom. The average molecular weight is 603 g/mol. The summed E-state index contributed by atoms with van der Waals surface area (Å²) in [4.78, 5) is 17.2. The van der Waals surface area contributed by atoms with E-state index in [1.807, 2.05) is 36.0 Å². The van der Waals surface area contributed by atoms with Crippen LogP contribution in [0.3, 0.4) is 0 Å². The largest absolute Gasteiger partial charge is 0.490 e. The van der Waals surface area contributed by atoms with E-state index in [2.05, 4.69) is 55.2 Å². The van der Waals surface area contributed by atoms with Gasteiger partial charge in [-0.15, -0.1) is 0 Å². The molecule has 0 amide bonds. The maximum Gasteiger partial charge on any atom is 0.172 e. The normalized spacial score (nSPS) is 16.2. The highest BCUT2D eigenvalue weighted by atomic mass is 35.5. The first-order valence-electron chi connectivity index (χ1n) is 14.4. The molecule has 42 heavy (non-hydrogen) atoms. The molecule has 11 heteroatoms. The van der Waals surface area contributed by atoms with Gasteiger partial charge in [0, 0.05) is 74.3 Å². The van der Waals surface area contributed by atoms with Gasteiger partial charge in [-0.3, -0.25) is 9.88 Å².